The second-order valence-electron chi connectivity index (χ2n) is 3.36. The van der Waals surface area contributed by atoms with Gasteiger partial charge in [0.05, 0.1) is 25.4 Å². The summed E-state index contributed by atoms with van der Waals surface area (Å²) in [5.41, 5.74) is -1.00. The second kappa shape index (κ2) is 4.18. The number of aliphatic hydroxyl groups is 2. The van der Waals surface area contributed by atoms with Gasteiger partial charge in [0.2, 0.25) is 0 Å². The first kappa shape index (κ1) is 9.92. The Morgan fingerprint density at radius 1 is 1.42 bits per heavy atom. The minimum absolute atomic E-state index is 0.192. The third kappa shape index (κ3) is 3.06. The van der Waals surface area contributed by atoms with Gasteiger partial charge in [0, 0.05) is 6.42 Å². The van der Waals surface area contributed by atoms with Crippen LogP contribution in [0.2, 0.25) is 0 Å². The van der Waals surface area contributed by atoms with Crippen molar-refractivity contribution in [3.05, 3.63) is 0 Å². The molecule has 2 N–H and O–H groups in total. The molecular formula is C8H16O4. The standard InChI is InChI=1S/C8H16O4/c1-8(10,6-9)3-2-7-11-4-5-12-7/h7,9-10H,2-6H2,1H3/t8-/m0/s1. The Kier molecular flexibility index (Phi) is 3.46. The molecule has 1 heterocycles. The van der Waals surface area contributed by atoms with E-state index in [1.807, 2.05) is 0 Å². The lowest BCUT2D eigenvalue weighted by atomic mass is 10.0. The van der Waals surface area contributed by atoms with Crippen LogP contribution in [0.15, 0.2) is 0 Å². The largest absolute Gasteiger partial charge is 0.393 e. The predicted molar refractivity (Wildman–Crippen MR) is 42.6 cm³/mol. The van der Waals surface area contributed by atoms with Gasteiger partial charge in [-0.25, -0.2) is 0 Å². The summed E-state index contributed by atoms with van der Waals surface area (Å²) in [6.45, 7) is 2.64. The van der Waals surface area contributed by atoms with Gasteiger partial charge in [-0.1, -0.05) is 0 Å². The highest BCUT2D eigenvalue weighted by Gasteiger charge is 2.23. The summed E-state index contributed by atoms with van der Waals surface area (Å²) in [5.74, 6) is 0. The smallest absolute Gasteiger partial charge is 0.157 e. The molecule has 0 amide bonds. The van der Waals surface area contributed by atoms with Crippen LogP contribution in [0.25, 0.3) is 0 Å². The predicted octanol–water partition coefficient (Wildman–Crippen LogP) is -0.117. The van der Waals surface area contributed by atoms with E-state index in [1.165, 1.54) is 0 Å². The van der Waals surface area contributed by atoms with E-state index in [-0.39, 0.29) is 12.9 Å². The lowest BCUT2D eigenvalue weighted by molar-refractivity contribution is -0.0731. The third-order valence-corrected chi connectivity index (χ3v) is 1.95. The van der Waals surface area contributed by atoms with Gasteiger partial charge < -0.3 is 19.7 Å². The maximum atomic E-state index is 9.42. The van der Waals surface area contributed by atoms with Gasteiger partial charge in [0.1, 0.15) is 0 Å². The topological polar surface area (TPSA) is 58.9 Å². The summed E-state index contributed by atoms with van der Waals surface area (Å²) in [6.07, 6.45) is 0.935. The van der Waals surface area contributed by atoms with E-state index in [0.29, 0.717) is 26.1 Å². The Morgan fingerprint density at radius 3 is 2.50 bits per heavy atom. The molecule has 12 heavy (non-hydrogen) atoms. The molecule has 1 atom stereocenters. The van der Waals surface area contributed by atoms with Gasteiger partial charge in [-0.3, -0.25) is 0 Å². The number of hydrogen-bond donors (Lipinski definition) is 2. The van der Waals surface area contributed by atoms with Crippen molar-refractivity contribution in [1.29, 1.82) is 0 Å². The molecule has 1 aliphatic rings. The maximum Gasteiger partial charge on any atom is 0.157 e. The normalized spacial score (nSPS) is 24.2. The van der Waals surface area contributed by atoms with E-state index in [1.54, 1.807) is 6.92 Å². The number of aliphatic hydroxyl groups excluding tert-OH is 1. The molecule has 0 radical (unpaired) electrons. The average molecular weight is 176 g/mol. The van der Waals surface area contributed by atoms with Crippen LogP contribution in [0.4, 0.5) is 0 Å². The van der Waals surface area contributed by atoms with Crippen molar-refractivity contribution < 1.29 is 19.7 Å². The summed E-state index contributed by atoms with van der Waals surface area (Å²) in [6, 6.07) is 0. The molecule has 0 aliphatic carbocycles. The first-order chi connectivity index (χ1) is 5.64. The Labute approximate surface area is 72.1 Å². The van der Waals surface area contributed by atoms with Crippen molar-refractivity contribution in [2.75, 3.05) is 19.8 Å². The molecule has 72 valence electrons. The summed E-state index contributed by atoms with van der Waals surface area (Å²) in [7, 11) is 0. The lowest BCUT2D eigenvalue weighted by Crippen LogP contribution is -2.30. The van der Waals surface area contributed by atoms with Gasteiger partial charge in [0.15, 0.2) is 6.29 Å². The van der Waals surface area contributed by atoms with Gasteiger partial charge in [0.25, 0.3) is 0 Å². The van der Waals surface area contributed by atoms with Crippen molar-refractivity contribution in [1.82, 2.24) is 0 Å². The molecule has 0 spiro atoms. The number of ether oxygens (including phenoxy) is 2. The highest BCUT2D eigenvalue weighted by molar-refractivity contribution is 4.71. The first-order valence-electron chi connectivity index (χ1n) is 4.20. The Morgan fingerprint density at radius 2 is 2.00 bits per heavy atom. The zero-order chi connectivity index (χ0) is 9.03. The van der Waals surface area contributed by atoms with E-state index < -0.39 is 5.60 Å². The SMILES string of the molecule is C[C@@](O)(CO)CCC1OCCO1. The van der Waals surface area contributed by atoms with Crippen LogP contribution in [0, 0.1) is 0 Å². The Balaban J connectivity index is 2.15. The van der Waals surface area contributed by atoms with E-state index >= 15 is 0 Å². The van der Waals surface area contributed by atoms with Gasteiger partial charge >= 0.3 is 0 Å². The Bertz CT molecular complexity index is 129. The molecule has 0 aromatic rings. The molecule has 4 heteroatoms. The van der Waals surface area contributed by atoms with Gasteiger partial charge in [-0.2, -0.15) is 0 Å². The fraction of sp³-hybridized carbons (Fsp3) is 1.00. The van der Waals surface area contributed by atoms with E-state index in [2.05, 4.69) is 0 Å². The van der Waals surface area contributed by atoms with Gasteiger partial charge in [-0.05, 0) is 13.3 Å². The van der Waals surface area contributed by atoms with E-state index in [0.717, 1.165) is 0 Å². The summed E-state index contributed by atoms with van der Waals surface area (Å²) in [4.78, 5) is 0. The first-order valence-corrected chi connectivity index (χ1v) is 4.20. The third-order valence-electron chi connectivity index (χ3n) is 1.95. The molecule has 0 unspecified atom stereocenters. The monoisotopic (exact) mass is 176 g/mol. The molecule has 0 bridgehead atoms. The summed E-state index contributed by atoms with van der Waals surface area (Å²) in [5, 5.41) is 18.2. The molecule has 0 aromatic carbocycles. The van der Waals surface area contributed by atoms with Crippen LogP contribution in [-0.2, 0) is 9.47 Å². The van der Waals surface area contributed by atoms with Crippen LogP contribution in [0.1, 0.15) is 19.8 Å². The maximum absolute atomic E-state index is 9.42. The van der Waals surface area contributed by atoms with Gasteiger partial charge in [-0.15, -0.1) is 0 Å². The average Bonchev–Trinajstić information content (AvgIpc) is 2.53. The van der Waals surface area contributed by atoms with Crippen LogP contribution in [0.3, 0.4) is 0 Å². The molecule has 1 aliphatic heterocycles. The highest BCUT2D eigenvalue weighted by Crippen LogP contribution is 2.17. The molecular weight excluding hydrogens is 160 g/mol. The molecule has 4 nitrogen and oxygen atoms in total. The molecule has 1 saturated heterocycles. The van der Waals surface area contributed by atoms with Crippen molar-refractivity contribution in [2.24, 2.45) is 0 Å². The minimum atomic E-state index is -1.00. The van der Waals surface area contributed by atoms with Crippen molar-refractivity contribution in [3.8, 4) is 0 Å². The molecule has 1 fully saturated rings. The van der Waals surface area contributed by atoms with E-state index in [4.69, 9.17) is 14.6 Å². The quantitative estimate of drug-likeness (QED) is 0.627. The van der Waals surface area contributed by atoms with Crippen molar-refractivity contribution in [2.45, 2.75) is 31.7 Å². The number of hydrogen-bond acceptors (Lipinski definition) is 4. The molecule has 0 aromatic heterocycles. The van der Waals surface area contributed by atoms with E-state index in [9.17, 15) is 5.11 Å². The zero-order valence-corrected chi connectivity index (χ0v) is 7.32. The van der Waals surface area contributed by atoms with Crippen LogP contribution in [0.5, 0.6) is 0 Å². The number of rotatable bonds is 4. The van der Waals surface area contributed by atoms with Crippen molar-refractivity contribution in [3.63, 3.8) is 0 Å². The molecule has 0 saturated carbocycles. The van der Waals surface area contributed by atoms with Crippen molar-refractivity contribution >= 4 is 0 Å². The second-order valence-corrected chi connectivity index (χ2v) is 3.36. The molecule has 1 rings (SSSR count). The Hall–Kier alpha value is -0.160. The summed E-state index contributed by atoms with van der Waals surface area (Å²) >= 11 is 0. The van der Waals surface area contributed by atoms with Crippen LogP contribution in [-0.4, -0.2) is 41.9 Å². The fourth-order valence-corrected chi connectivity index (χ4v) is 1.08. The van der Waals surface area contributed by atoms with Crippen LogP contribution >= 0.6 is 0 Å². The van der Waals surface area contributed by atoms with Crippen LogP contribution < -0.4 is 0 Å². The minimum Gasteiger partial charge on any atom is -0.393 e. The lowest BCUT2D eigenvalue weighted by Gasteiger charge is -2.21. The zero-order valence-electron chi connectivity index (χ0n) is 7.32. The fourth-order valence-electron chi connectivity index (χ4n) is 1.08. The summed E-state index contributed by atoms with van der Waals surface area (Å²) < 4.78 is 10.4. The highest BCUT2D eigenvalue weighted by atomic mass is 16.7.